The molecule has 0 unspecified atom stereocenters. The van der Waals surface area contributed by atoms with Gasteiger partial charge in [0.05, 0.1) is 23.1 Å². The van der Waals surface area contributed by atoms with Crippen LogP contribution >= 0.6 is 0 Å². The summed E-state index contributed by atoms with van der Waals surface area (Å²) in [6.07, 6.45) is 2.89. The first kappa shape index (κ1) is 15.9. The monoisotopic (exact) mass is 345 g/mol. The Morgan fingerprint density at radius 1 is 1.21 bits per heavy atom. The molecule has 2 heterocycles. The van der Waals surface area contributed by atoms with Crippen LogP contribution in [0.4, 0.5) is 5.69 Å². The highest BCUT2D eigenvalue weighted by atomic mass is 32.2. The Bertz CT molecular complexity index is 998. The van der Waals surface area contributed by atoms with Crippen molar-refractivity contribution in [1.82, 2.24) is 19.3 Å². The van der Waals surface area contributed by atoms with Crippen LogP contribution in [0.2, 0.25) is 0 Å². The van der Waals surface area contributed by atoms with Crippen LogP contribution in [0.1, 0.15) is 16.1 Å². The number of hydrogen-bond donors (Lipinski definition) is 1. The predicted octanol–water partition coefficient (Wildman–Crippen LogP) is 1.15. The molecule has 0 radical (unpaired) electrons. The summed E-state index contributed by atoms with van der Waals surface area (Å²) in [7, 11) is -2.67. The maximum atomic E-state index is 12.4. The molecule has 124 valence electrons. The summed E-state index contributed by atoms with van der Waals surface area (Å²) in [5.74, 6) is -0.764. The highest BCUT2D eigenvalue weighted by Gasteiger charge is 2.23. The molecule has 24 heavy (non-hydrogen) atoms. The maximum absolute atomic E-state index is 12.4. The SMILES string of the molecule is Cc1c(C(=O)NS(=O)(=O)N(C)c2ccccc2)cnc2ccnn12. The third-order valence-corrected chi connectivity index (χ3v) is 4.98. The van der Waals surface area contributed by atoms with Crippen LogP contribution in [-0.4, -0.2) is 36.0 Å². The van der Waals surface area contributed by atoms with Crippen LogP contribution in [0.5, 0.6) is 0 Å². The Hall–Kier alpha value is -2.94. The molecule has 9 heteroatoms. The van der Waals surface area contributed by atoms with Gasteiger partial charge in [-0.3, -0.25) is 9.10 Å². The van der Waals surface area contributed by atoms with E-state index in [9.17, 15) is 13.2 Å². The van der Waals surface area contributed by atoms with E-state index in [1.807, 2.05) is 4.72 Å². The lowest BCUT2D eigenvalue weighted by Gasteiger charge is -2.19. The highest BCUT2D eigenvalue weighted by molar-refractivity contribution is 7.91. The normalized spacial score (nSPS) is 11.4. The van der Waals surface area contributed by atoms with Gasteiger partial charge in [-0.2, -0.15) is 13.5 Å². The van der Waals surface area contributed by atoms with Gasteiger partial charge in [0.25, 0.3) is 5.91 Å². The molecule has 1 aromatic carbocycles. The van der Waals surface area contributed by atoms with Gasteiger partial charge in [0.1, 0.15) is 0 Å². The van der Waals surface area contributed by atoms with Crippen molar-refractivity contribution >= 4 is 27.5 Å². The van der Waals surface area contributed by atoms with Crippen LogP contribution < -0.4 is 9.03 Å². The van der Waals surface area contributed by atoms with Crippen LogP contribution in [0, 0.1) is 6.92 Å². The summed E-state index contributed by atoms with van der Waals surface area (Å²) in [6, 6.07) is 10.1. The minimum absolute atomic E-state index is 0.135. The first-order valence-corrected chi connectivity index (χ1v) is 8.49. The second kappa shape index (κ2) is 5.93. The minimum atomic E-state index is -4.04. The summed E-state index contributed by atoms with van der Waals surface area (Å²) >= 11 is 0. The number of anilines is 1. The molecule has 0 spiro atoms. The Kier molecular flexibility index (Phi) is 3.94. The van der Waals surface area contributed by atoms with Crippen molar-refractivity contribution in [3.63, 3.8) is 0 Å². The van der Waals surface area contributed by atoms with Crippen molar-refractivity contribution in [3.05, 3.63) is 60.0 Å². The van der Waals surface area contributed by atoms with Crippen molar-refractivity contribution in [3.8, 4) is 0 Å². The number of aryl methyl sites for hydroxylation is 1. The molecule has 1 N–H and O–H groups in total. The molecular formula is C15H15N5O3S. The van der Waals surface area contributed by atoms with E-state index in [0.717, 1.165) is 4.31 Å². The fourth-order valence-electron chi connectivity index (χ4n) is 2.23. The Balaban J connectivity index is 1.89. The fraction of sp³-hybridized carbons (Fsp3) is 0.133. The molecule has 0 bridgehead atoms. The highest BCUT2D eigenvalue weighted by Crippen LogP contribution is 2.15. The number of amides is 1. The van der Waals surface area contributed by atoms with E-state index < -0.39 is 16.1 Å². The number of fused-ring (bicyclic) bond motifs is 1. The summed E-state index contributed by atoms with van der Waals surface area (Å²) in [5, 5.41) is 4.05. The summed E-state index contributed by atoms with van der Waals surface area (Å²) < 4.78 is 29.3. The second-order valence-electron chi connectivity index (χ2n) is 5.10. The minimum Gasteiger partial charge on any atom is -0.268 e. The van der Waals surface area contributed by atoms with Crippen molar-refractivity contribution in [1.29, 1.82) is 0 Å². The van der Waals surface area contributed by atoms with E-state index in [-0.39, 0.29) is 5.56 Å². The van der Waals surface area contributed by atoms with Gasteiger partial charge in [0, 0.05) is 19.3 Å². The third-order valence-electron chi connectivity index (χ3n) is 3.60. The molecule has 8 nitrogen and oxygen atoms in total. The van der Waals surface area contributed by atoms with Crippen molar-refractivity contribution in [2.24, 2.45) is 0 Å². The lowest BCUT2D eigenvalue weighted by Crippen LogP contribution is -2.42. The molecule has 0 aliphatic heterocycles. The van der Waals surface area contributed by atoms with Gasteiger partial charge in [0.2, 0.25) is 0 Å². The molecule has 0 atom stereocenters. The van der Waals surface area contributed by atoms with Gasteiger partial charge in [0.15, 0.2) is 5.65 Å². The molecule has 0 fully saturated rings. The van der Waals surface area contributed by atoms with Crippen LogP contribution in [0.15, 0.2) is 48.8 Å². The van der Waals surface area contributed by atoms with E-state index in [4.69, 9.17) is 0 Å². The number of hydrogen-bond acceptors (Lipinski definition) is 5. The van der Waals surface area contributed by atoms with Crippen LogP contribution in [0.3, 0.4) is 0 Å². The molecule has 0 saturated carbocycles. The van der Waals surface area contributed by atoms with Crippen molar-refractivity contribution in [2.75, 3.05) is 11.4 Å². The zero-order valence-corrected chi connectivity index (χ0v) is 13.9. The van der Waals surface area contributed by atoms with Gasteiger partial charge in [-0.05, 0) is 19.1 Å². The molecule has 0 aliphatic rings. The molecule has 0 saturated heterocycles. The zero-order valence-electron chi connectivity index (χ0n) is 13.0. The fourth-order valence-corrected chi connectivity index (χ4v) is 3.11. The predicted molar refractivity (Wildman–Crippen MR) is 89.0 cm³/mol. The molecule has 0 aliphatic carbocycles. The van der Waals surface area contributed by atoms with Gasteiger partial charge < -0.3 is 0 Å². The Morgan fingerprint density at radius 2 is 1.92 bits per heavy atom. The summed E-state index contributed by atoms with van der Waals surface area (Å²) in [5.41, 5.74) is 1.65. The smallest absolute Gasteiger partial charge is 0.268 e. The van der Waals surface area contributed by atoms with Crippen molar-refractivity contribution < 1.29 is 13.2 Å². The van der Waals surface area contributed by atoms with Gasteiger partial charge >= 0.3 is 10.2 Å². The third kappa shape index (κ3) is 2.81. The number of carbonyl (C=O) groups excluding carboxylic acids is 1. The first-order chi connectivity index (χ1) is 11.4. The lowest BCUT2D eigenvalue weighted by molar-refractivity contribution is 0.0979. The summed E-state index contributed by atoms with van der Waals surface area (Å²) in [4.78, 5) is 16.5. The Labute approximate surface area is 138 Å². The summed E-state index contributed by atoms with van der Waals surface area (Å²) in [6.45, 7) is 1.67. The second-order valence-corrected chi connectivity index (χ2v) is 6.80. The number of rotatable bonds is 4. The van der Waals surface area contributed by atoms with E-state index in [1.54, 1.807) is 49.5 Å². The standard InChI is InChI=1S/C15H15N5O3S/c1-11-13(10-16-14-8-9-17-20(11)14)15(21)18-24(22,23)19(2)12-6-4-3-5-7-12/h3-10H,1-2H3,(H,18,21). The number of aromatic nitrogens is 3. The number of nitrogens with one attached hydrogen (secondary N) is 1. The van der Waals surface area contributed by atoms with E-state index in [1.165, 1.54) is 17.8 Å². The number of nitrogens with zero attached hydrogens (tertiary/aromatic N) is 4. The number of para-hydroxylation sites is 1. The zero-order chi connectivity index (χ0) is 17.3. The average Bonchev–Trinajstić information content (AvgIpc) is 3.04. The average molecular weight is 345 g/mol. The first-order valence-electron chi connectivity index (χ1n) is 7.05. The number of benzene rings is 1. The maximum Gasteiger partial charge on any atom is 0.326 e. The van der Waals surface area contributed by atoms with Crippen LogP contribution in [0.25, 0.3) is 5.65 Å². The topological polar surface area (TPSA) is 96.7 Å². The molecular weight excluding hydrogens is 330 g/mol. The van der Waals surface area contributed by atoms with E-state index in [0.29, 0.717) is 17.0 Å². The largest absolute Gasteiger partial charge is 0.326 e. The van der Waals surface area contributed by atoms with E-state index in [2.05, 4.69) is 10.1 Å². The van der Waals surface area contributed by atoms with Gasteiger partial charge in [-0.15, -0.1) is 0 Å². The quantitative estimate of drug-likeness (QED) is 0.765. The van der Waals surface area contributed by atoms with Crippen molar-refractivity contribution in [2.45, 2.75) is 6.92 Å². The number of carbonyl (C=O) groups is 1. The molecule has 1 amide bonds. The van der Waals surface area contributed by atoms with Crippen LogP contribution in [-0.2, 0) is 10.2 Å². The van der Waals surface area contributed by atoms with E-state index >= 15 is 0 Å². The molecule has 2 aromatic heterocycles. The Morgan fingerprint density at radius 3 is 2.62 bits per heavy atom. The van der Waals surface area contributed by atoms with Gasteiger partial charge in [-0.1, -0.05) is 18.2 Å². The molecule has 3 rings (SSSR count). The van der Waals surface area contributed by atoms with Gasteiger partial charge in [-0.25, -0.2) is 14.2 Å². The molecule has 3 aromatic rings. The lowest BCUT2D eigenvalue weighted by atomic mass is 10.2.